The Kier molecular flexibility index (Phi) is 9.29. The van der Waals surface area contributed by atoms with Crippen LogP contribution in [0, 0.1) is 0 Å². The first kappa shape index (κ1) is 38.2. The van der Waals surface area contributed by atoms with Crippen molar-refractivity contribution in [3.05, 3.63) is 247 Å². The molecule has 11 rings (SSSR count). The van der Waals surface area contributed by atoms with Gasteiger partial charge in [0.15, 0.2) is 0 Å². The maximum Gasteiger partial charge on any atom is 0.138 e. The summed E-state index contributed by atoms with van der Waals surface area (Å²) in [6, 6.07) is 78.4. The molecule has 0 atom stereocenters. The number of aromatic nitrogens is 2. The molecule has 0 saturated carbocycles. The fraction of sp³-hybridized carbons (Fsp3) is 0.0862. The van der Waals surface area contributed by atoms with Crippen LogP contribution in [-0.2, 0) is 10.4 Å². The summed E-state index contributed by atoms with van der Waals surface area (Å²) in [6.45, 7) is 6.51. The van der Waals surface area contributed by atoms with Gasteiger partial charge in [0.25, 0.3) is 0 Å². The van der Waals surface area contributed by atoms with Gasteiger partial charge in [-0.2, -0.15) is 5.06 Å². The molecule has 0 radical (unpaired) electrons. The van der Waals surface area contributed by atoms with Crippen molar-refractivity contribution < 1.29 is 4.94 Å². The molecule has 0 spiro atoms. The lowest BCUT2D eigenvalue weighted by atomic mass is 9.65. The van der Waals surface area contributed by atoms with E-state index in [0.717, 1.165) is 67.3 Å². The van der Waals surface area contributed by atoms with Gasteiger partial charge in [-0.3, -0.25) is 4.57 Å². The lowest BCUT2D eigenvalue weighted by Gasteiger charge is -2.37. The zero-order valence-electron chi connectivity index (χ0n) is 35.6. The van der Waals surface area contributed by atoms with Crippen LogP contribution in [0.25, 0.3) is 49.9 Å². The molecule has 0 bridgehead atoms. The van der Waals surface area contributed by atoms with Gasteiger partial charge >= 0.3 is 0 Å². The zero-order chi connectivity index (χ0) is 42.5. The van der Waals surface area contributed by atoms with Gasteiger partial charge in [0.2, 0.25) is 0 Å². The number of para-hydroxylation sites is 3. The Morgan fingerprint density at radius 1 is 0.429 bits per heavy atom. The van der Waals surface area contributed by atoms with Gasteiger partial charge < -0.3 is 0 Å². The quantitative estimate of drug-likeness (QED) is 0.143. The molecule has 0 aliphatic carbocycles. The molecule has 0 N–H and O–H groups in total. The number of pyridine rings is 1. The molecule has 304 valence electrons. The van der Waals surface area contributed by atoms with Crippen molar-refractivity contribution in [1.82, 2.24) is 9.55 Å². The molecule has 63 heavy (non-hydrogen) atoms. The Balaban J connectivity index is 1.15. The van der Waals surface area contributed by atoms with Gasteiger partial charge in [-0.1, -0.05) is 170 Å². The number of anilines is 3. The minimum atomic E-state index is -0.735. The normalized spacial score (nSPS) is 12.9. The van der Waals surface area contributed by atoms with Crippen molar-refractivity contribution in [2.45, 2.75) is 31.7 Å². The van der Waals surface area contributed by atoms with Crippen molar-refractivity contribution in [3.8, 4) is 28.1 Å². The van der Waals surface area contributed by atoms with Crippen LogP contribution in [0.5, 0.6) is 0 Å². The van der Waals surface area contributed by atoms with Crippen molar-refractivity contribution in [2.24, 2.45) is 0 Å². The van der Waals surface area contributed by atoms with E-state index in [1.165, 1.54) is 21.9 Å². The van der Waals surface area contributed by atoms with Crippen LogP contribution in [0.15, 0.2) is 225 Å². The number of nitrogens with zero attached hydrogens (tertiary/aromatic N) is 4. The Labute approximate surface area is 368 Å². The van der Waals surface area contributed by atoms with Crippen LogP contribution in [0.3, 0.4) is 0 Å². The highest BCUT2D eigenvalue weighted by Gasteiger charge is 2.41. The minimum Gasteiger partial charge on any atom is -0.294 e. The second-order valence-electron chi connectivity index (χ2n) is 17.3. The first-order valence-corrected chi connectivity index (χ1v) is 21.6. The maximum absolute atomic E-state index is 6.75. The van der Waals surface area contributed by atoms with Gasteiger partial charge in [-0.05, 0) is 114 Å². The molecule has 5 heteroatoms. The first-order valence-electron chi connectivity index (χ1n) is 21.6. The van der Waals surface area contributed by atoms with E-state index in [0.29, 0.717) is 0 Å². The predicted molar refractivity (Wildman–Crippen MR) is 260 cm³/mol. The number of hydrogen-bond donors (Lipinski definition) is 0. The average molecular weight is 815 g/mol. The summed E-state index contributed by atoms with van der Waals surface area (Å²) in [5.74, 6) is 0.860. The van der Waals surface area contributed by atoms with E-state index in [2.05, 4.69) is 244 Å². The van der Waals surface area contributed by atoms with E-state index < -0.39 is 5.41 Å². The van der Waals surface area contributed by atoms with E-state index in [4.69, 9.17) is 9.92 Å². The van der Waals surface area contributed by atoms with E-state index >= 15 is 0 Å². The van der Waals surface area contributed by atoms with Crippen molar-refractivity contribution >= 4 is 38.9 Å². The van der Waals surface area contributed by atoms with Gasteiger partial charge in [0.05, 0.1) is 39.0 Å². The van der Waals surface area contributed by atoms with Crippen LogP contribution in [-0.4, -0.2) is 15.1 Å². The van der Waals surface area contributed by atoms with Crippen molar-refractivity contribution in [1.29, 1.82) is 0 Å². The van der Waals surface area contributed by atoms with Crippen molar-refractivity contribution in [2.75, 3.05) is 10.1 Å². The molecular formula is C58H46N4O. The van der Waals surface area contributed by atoms with E-state index in [-0.39, 0.29) is 5.54 Å². The molecule has 0 amide bonds. The summed E-state index contributed by atoms with van der Waals surface area (Å²) in [6.07, 6.45) is 1.94. The SMILES string of the molecule is CC(C)(C)N1ON(c2cccc(C(c3ccccc3)(c3ccccc3)c3ccc4c5ccccc5n(-c5cc(-c6ccccc6-c6ccccc6)ccn5)c4c3)c2)c2ccccc21. The lowest BCUT2D eigenvalue weighted by molar-refractivity contribution is 0.0842. The number of rotatable bonds is 8. The third-order valence-electron chi connectivity index (χ3n) is 12.4. The molecule has 8 aromatic carbocycles. The van der Waals surface area contributed by atoms with Crippen LogP contribution < -0.4 is 10.1 Å². The molecule has 10 aromatic rings. The van der Waals surface area contributed by atoms with E-state index in [1.54, 1.807) is 0 Å². The standard InChI is InChI=1S/C58H46N4O/c1-57(2,3)62-54-33-18-17-32-53(54)61(63-62)47-27-19-26-45(39-47)58(43-22-9-5-10-23-43,44-24-11-6-12-25-44)46-34-35-51-50-30-15-16-31-52(50)60(55(51)40-46)56-38-42(36-37-59-56)49-29-14-13-28-48(49)41-20-7-4-8-21-41/h4-40H,1-3H3. The fourth-order valence-corrected chi connectivity index (χ4v) is 9.65. The third kappa shape index (κ3) is 6.39. The molecule has 0 unspecified atom stereocenters. The zero-order valence-corrected chi connectivity index (χ0v) is 35.6. The monoisotopic (exact) mass is 814 g/mol. The Bertz CT molecular complexity index is 3220. The summed E-state index contributed by atoms with van der Waals surface area (Å²) in [4.78, 5) is 11.9. The number of hydrogen-bond acceptors (Lipinski definition) is 4. The second-order valence-corrected chi connectivity index (χ2v) is 17.3. The van der Waals surface area contributed by atoms with Crippen LogP contribution in [0.1, 0.15) is 43.0 Å². The van der Waals surface area contributed by atoms with Crippen LogP contribution >= 0.6 is 0 Å². The van der Waals surface area contributed by atoms with Crippen LogP contribution in [0.2, 0.25) is 0 Å². The lowest BCUT2D eigenvalue weighted by Crippen LogP contribution is -2.41. The molecule has 1 aliphatic rings. The Morgan fingerprint density at radius 2 is 1.00 bits per heavy atom. The molecule has 3 heterocycles. The van der Waals surface area contributed by atoms with E-state index in [9.17, 15) is 0 Å². The Hall–Kier alpha value is -7.73. The fourth-order valence-electron chi connectivity index (χ4n) is 9.65. The molecular weight excluding hydrogens is 769 g/mol. The summed E-state index contributed by atoms with van der Waals surface area (Å²) in [7, 11) is 0. The predicted octanol–water partition coefficient (Wildman–Crippen LogP) is 14.5. The van der Waals surface area contributed by atoms with Gasteiger partial charge in [0.1, 0.15) is 5.82 Å². The smallest absolute Gasteiger partial charge is 0.138 e. The molecule has 2 aromatic heterocycles. The minimum absolute atomic E-state index is 0.270. The number of hydroxylamine groups is 1. The maximum atomic E-state index is 6.75. The molecule has 1 aliphatic heterocycles. The third-order valence-corrected chi connectivity index (χ3v) is 12.4. The highest BCUT2D eigenvalue weighted by Crippen LogP contribution is 2.50. The van der Waals surface area contributed by atoms with Gasteiger partial charge in [-0.15, -0.1) is 4.94 Å². The van der Waals surface area contributed by atoms with E-state index in [1.807, 2.05) is 16.3 Å². The summed E-state index contributed by atoms with van der Waals surface area (Å²) >= 11 is 0. The molecule has 5 nitrogen and oxygen atoms in total. The highest BCUT2D eigenvalue weighted by atomic mass is 16.8. The first-order chi connectivity index (χ1) is 30.9. The Morgan fingerprint density at radius 3 is 1.71 bits per heavy atom. The largest absolute Gasteiger partial charge is 0.294 e. The van der Waals surface area contributed by atoms with Gasteiger partial charge in [-0.25, -0.2) is 10.0 Å². The summed E-state index contributed by atoms with van der Waals surface area (Å²) < 4.78 is 2.34. The topological polar surface area (TPSA) is 33.5 Å². The van der Waals surface area contributed by atoms with Crippen LogP contribution in [0.4, 0.5) is 17.1 Å². The summed E-state index contributed by atoms with van der Waals surface area (Å²) in [5, 5.41) is 6.32. The average Bonchev–Trinajstić information content (AvgIpc) is 3.90. The highest BCUT2D eigenvalue weighted by molar-refractivity contribution is 6.09. The van der Waals surface area contributed by atoms with Crippen molar-refractivity contribution in [3.63, 3.8) is 0 Å². The molecule has 0 saturated heterocycles. The van der Waals surface area contributed by atoms with Gasteiger partial charge in [0, 0.05) is 17.0 Å². The number of fused-ring (bicyclic) bond motifs is 4. The summed E-state index contributed by atoms with van der Waals surface area (Å²) in [5.41, 5.74) is 13.4. The second kappa shape index (κ2) is 15.3. The molecule has 0 fully saturated rings. The number of benzene rings is 8.